The number of nitrogens with zero attached hydrogens (tertiary/aromatic N) is 2. The molecule has 2 aromatic heterocycles. The first-order valence-electron chi connectivity index (χ1n) is 14.3. The van der Waals surface area contributed by atoms with Gasteiger partial charge in [-0.3, -0.25) is 9.59 Å². The number of hydrogen-bond acceptors (Lipinski definition) is 8. The van der Waals surface area contributed by atoms with Crippen LogP contribution in [0, 0.1) is 0 Å². The van der Waals surface area contributed by atoms with Crippen LogP contribution in [0.15, 0.2) is 81.2 Å². The predicted molar refractivity (Wildman–Crippen MR) is 182 cm³/mol. The van der Waals surface area contributed by atoms with Crippen molar-refractivity contribution < 1.29 is 26.4 Å². The van der Waals surface area contributed by atoms with Crippen LogP contribution < -0.4 is 10.6 Å². The number of nitrogens with one attached hydrogen (secondary N) is 2. The molecular weight excluding hydrogens is 712 g/mol. The second kappa shape index (κ2) is 13.4. The van der Waals surface area contributed by atoms with Crippen molar-refractivity contribution in [2.75, 3.05) is 23.7 Å². The van der Waals surface area contributed by atoms with Gasteiger partial charge in [-0.25, -0.2) is 16.8 Å². The van der Waals surface area contributed by atoms with E-state index in [9.17, 15) is 26.4 Å². The van der Waals surface area contributed by atoms with Gasteiger partial charge in [-0.15, -0.1) is 22.7 Å². The normalized spacial score (nSPS) is 19.3. The molecule has 4 aromatic rings. The fourth-order valence-electron chi connectivity index (χ4n) is 5.63. The average Bonchev–Trinajstić information content (AvgIpc) is 3.85. The lowest BCUT2D eigenvalue weighted by Gasteiger charge is -2.22. The van der Waals surface area contributed by atoms with Crippen molar-refractivity contribution in [3.63, 3.8) is 0 Å². The highest BCUT2D eigenvalue weighted by Gasteiger charge is 2.41. The molecule has 2 N–H and O–H groups in total. The maximum absolute atomic E-state index is 13.1. The first kappa shape index (κ1) is 33.1. The van der Waals surface area contributed by atoms with Crippen LogP contribution in [0.1, 0.15) is 25.7 Å². The fraction of sp³-hybridized carbons (Fsp3) is 0.267. The predicted octanol–water partition coefficient (Wildman–Crippen LogP) is 6.37. The minimum absolute atomic E-state index is 0.112. The van der Waals surface area contributed by atoms with E-state index in [0.717, 1.165) is 33.8 Å². The standard InChI is InChI=1S/C30H28Cl2N4O6S4/c31-25-13-15-27(43-25)45(39,40)35-17-1-3-23(35)29(37)33-21-9-5-19(6-10-21)20-7-11-22(12-8-20)34-30(38)24-4-2-18-36(24)46(41,42)28-16-14-26(32)44-28/h5-16,23-24H,1-4,17-18H2,(H,33,37)(H,34,38)/t23-,24-/m1/s1. The van der Waals surface area contributed by atoms with Crippen LogP contribution in [0.4, 0.5) is 11.4 Å². The van der Waals surface area contributed by atoms with Gasteiger partial charge in [0.05, 0.1) is 8.67 Å². The summed E-state index contributed by atoms with van der Waals surface area (Å²) < 4.78 is 55.9. The summed E-state index contributed by atoms with van der Waals surface area (Å²) in [4.78, 5) is 26.2. The molecule has 0 aliphatic carbocycles. The molecule has 2 fully saturated rings. The Morgan fingerprint density at radius 3 is 1.30 bits per heavy atom. The lowest BCUT2D eigenvalue weighted by Crippen LogP contribution is -2.42. The van der Waals surface area contributed by atoms with Crippen molar-refractivity contribution in [3.05, 3.63) is 81.5 Å². The van der Waals surface area contributed by atoms with Crippen LogP contribution in [-0.2, 0) is 29.6 Å². The Hall–Kier alpha value is -2.82. The van der Waals surface area contributed by atoms with Crippen LogP contribution in [0.5, 0.6) is 0 Å². The summed E-state index contributed by atoms with van der Waals surface area (Å²) in [6.45, 7) is 0.515. The van der Waals surface area contributed by atoms with Gasteiger partial charge < -0.3 is 10.6 Å². The number of rotatable bonds is 9. The fourth-order valence-corrected chi connectivity index (χ4v) is 12.2. The first-order valence-corrected chi connectivity index (χ1v) is 19.6. The number of anilines is 2. The minimum atomic E-state index is -3.84. The molecule has 16 heteroatoms. The third-order valence-corrected chi connectivity index (χ3v) is 15.1. The van der Waals surface area contributed by atoms with Gasteiger partial charge in [0.1, 0.15) is 20.5 Å². The van der Waals surface area contributed by atoms with Gasteiger partial charge in [0.15, 0.2) is 0 Å². The van der Waals surface area contributed by atoms with Crippen molar-refractivity contribution in [2.24, 2.45) is 0 Å². The molecule has 4 heterocycles. The second-order valence-electron chi connectivity index (χ2n) is 10.8. The van der Waals surface area contributed by atoms with Crippen LogP contribution in [-0.4, -0.2) is 62.4 Å². The van der Waals surface area contributed by atoms with E-state index in [4.69, 9.17) is 23.2 Å². The third kappa shape index (κ3) is 6.76. The van der Waals surface area contributed by atoms with Gasteiger partial charge in [-0.05, 0) is 85.3 Å². The highest BCUT2D eigenvalue weighted by Crippen LogP contribution is 2.34. The third-order valence-electron chi connectivity index (χ3n) is 7.87. The molecule has 2 saturated heterocycles. The number of sulfonamides is 2. The molecule has 6 rings (SSSR count). The molecule has 2 aromatic carbocycles. The van der Waals surface area contributed by atoms with Crippen molar-refractivity contribution in [1.82, 2.24) is 8.61 Å². The van der Waals surface area contributed by atoms with Crippen LogP contribution in [0.3, 0.4) is 0 Å². The molecule has 0 bridgehead atoms. The average molecular weight is 740 g/mol. The lowest BCUT2D eigenvalue weighted by atomic mass is 10.0. The van der Waals surface area contributed by atoms with Gasteiger partial charge in [-0.1, -0.05) is 47.5 Å². The van der Waals surface area contributed by atoms with E-state index in [1.165, 1.54) is 32.9 Å². The lowest BCUT2D eigenvalue weighted by molar-refractivity contribution is -0.119. The van der Waals surface area contributed by atoms with E-state index in [-0.39, 0.29) is 21.5 Å². The molecule has 2 aliphatic heterocycles. The van der Waals surface area contributed by atoms with Crippen molar-refractivity contribution >= 4 is 89.1 Å². The molecule has 46 heavy (non-hydrogen) atoms. The largest absolute Gasteiger partial charge is 0.325 e. The molecule has 10 nitrogen and oxygen atoms in total. The van der Waals surface area contributed by atoms with E-state index in [1.54, 1.807) is 24.3 Å². The maximum atomic E-state index is 13.1. The number of amides is 2. The van der Waals surface area contributed by atoms with E-state index < -0.39 is 43.9 Å². The summed E-state index contributed by atoms with van der Waals surface area (Å²) in [7, 11) is -7.67. The number of thiophene rings is 2. The summed E-state index contributed by atoms with van der Waals surface area (Å²) in [6, 6.07) is 18.6. The number of benzene rings is 2. The van der Waals surface area contributed by atoms with E-state index >= 15 is 0 Å². The van der Waals surface area contributed by atoms with Crippen LogP contribution >= 0.6 is 45.9 Å². The maximum Gasteiger partial charge on any atom is 0.253 e. The van der Waals surface area contributed by atoms with E-state index in [2.05, 4.69) is 10.6 Å². The highest BCUT2D eigenvalue weighted by atomic mass is 35.5. The number of hydrogen-bond donors (Lipinski definition) is 2. The highest BCUT2D eigenvalue weighted by molar-refractivity contribution is 7.91. The van der Waals surface area contributed by atoms with E-state index in [1.807, 2.05) is 24.3 Å². The molecule has 2 amide bonds. The zero-order valence-electron chi connectivity index (χ0n) is 24.1. The topological polar surface area (TPSA) is 133 Å². The van der Waals surface area contributed by atoms with Crippen LogP contribution in [0.25, 0.3) is 11.1 Å². The number of carbonyl (C=O) groups excluding carboxylic acids is 2. The first-order chi connectivity index (χ1) is 21.9. The Morgan fingerprint density at radius 2 is 0.978 bits per heavy atom. The Balaban J connectivity index is 1.07. The number of carbonyl (C=O) groups is 2. The molecular formula is C30H28Cl2N4O6S4. The summed E-state index contributed by atoms with van der Waals surface area (Å²) >= 11 is 13.8. The Bertz CT molecular complexity index is 1840. The van der Waals surface area contributed by atoms with Gasteiger partial charge in [0, 0.05) is 24.5 Å². The Morgan fingerprint density at radius 1 is 0.609 bits per heavy atom. The summed E-state index contributed by atoms with van der Waals surface area (Å²) in [5.41, 5.74) is 2.78. The van der Waals surface area contributed by atoms with Crippen LogP contribution in [0.2, 0.25) is 8.67 Å². The molecule has 0 unspecified atom stereocenters. The molecule has 2 atom stereocenters. The van der Waals surface area contributed by atoms with E-state index in [0.29, 0.717) is 45.7 Å². The monoisotopic (exact) mass is 738 g/mol. The Labute approximate surface area is 285 Å². The minimum Gasteiger partial charge on any atom is -0.325 e. The SMILES string of the molecule is O=C(Nc1ccc(-c2ccc(NC(=O)[C@H]3CCCN3S(=O)(=O)c3ccc(Cl)s3)cc2)cc1)[C@H]1CCCN1S(=O)(=O)c1ccc(Cl)s1. The smallest absolute Gasteiger partial charge is 0.253 e. The van der Waals surface area contributed by atoms with Crippen molar-refractivity contribution in [2.45, 2.75) is 46.2 Å². The molecule has 242 valence electrons. The quantitative estimate of drug-likeness (QED) is 0.205. The summed E-state index contributed by atoms with van der Waals surface area (Å²) in [5.74, 6) is -0.797. The molecule has 0 saturated carbocycles. The van der Waals surface area contributed by atoms with Gasteiger partial charge >= 0.3 is 0 Å². The van der Waals surface area contributed by atoms with Gasteiger partial charge in [0.25, 0.3) is 20.0 Å². The zero-order valence-corrected chi connectivity index (χ0v) is 28.8. The Kier molecular flexibility index (Phi) is 9.61. The molecule has 2 aliphatic rings. The number of halogens is 2. The van der Waals surface area contributed by atoms with Crippen molar-refractivity contribution in [1.29, 1.82) is 0 Å². The van der Waals surface area contributed by atoms with Gasteiger partial charge in [-0.2, -0.15) is 8.61 Å². The molecule has 0 spiro atoms. The summed E-state index contributed by atoms with van der Waals surface area (Å²) in [6.07, 6.45) is 2.00. The zero-order chi connectivity index (χ0) is 32.6. The van der Waals surface area contributed by atoms with Gasteiger partial charge in [0.2, 0.25) is 11.8 Å². The van der Waals surface area contributed by atoms with Crippen molar-refractivity contribution in [3.8, 4) is 11.1 Å². The summed E-state index contributed by atoms with van der Waals surface area (Å²) in [5, 5.41) is 5.67. The second-order valence-corrected chi connectivity index (χ2v) is 18.5. The molecule has 0 radical (unpaired) electrons.